The third-order valence-electron chi connectivity index (χ3n) is 5.09. The number of nitrogens with one attached hydrogen (secondary N) is 1. The van der Waals surface area contributed by atoms with Gasteiger partial charge in [-0.1, -0.05) is 12.1 Å². The number of imidazole rings is 1. The Labute approximate surface area is 132 Å². The first-order chi connectivity index (χ1) is 11.3. The maximum atomic E-state index is 9.38. The molecule has 0 amide bonds. The van der Waals surface area contributed by atoms with Crippen LogP contribution in [0.4, 0.5) is 5.95 Å². The molecule has 2 heterocycles. The van der Waals surface area contributed by atoms with Gasteiger partial charge in [-0.3, -0.25) is 4.57 Å². The van der Waals surface area contributed by atoms with Gasteiger partial charge in [-0.15, -0.1) is 0 Å². The number of nitrogens with zero attached hydrogens (tertiary/aromatic N) is 5. The van der Waals surface area contributed by atoms with Gasteiger partial charge in [0.2, 0.25) is 5.95 Å². The van der Waals surface area contributed by atoms with E-state index >= 15 is 0 Å². The molecule has 0 radical (unpaired) electrons. The Morgan fingerprint density at radius 1 is 1.17 bits per heavy atom. The number of anilines is 1. The zero-order valence-electron chi connectivity index (χ0n) is 12.3. The van der Waals surface area contributed by atoms with Gasteiger partial charge in [-0.05, 0) is 36.8 Å². The molecule has 0 saturated heterocycles. The van der Waals surface area contributed by atoms with Gasteiger partial charge in [0.1, 0.15) is 18.0 Å². The highest BCUT2D eigenvalue weighted by Crippen LogP contribution is 2.54. The second kappa shape index (κ2) is 4.53. The molecule has 3 saturated carbocycles. The Hall–Kier alpha value is -2.94. The predicted molar refractivity (Wildman–Crippen MR) is 85.0 cm³/mol. The van der Waals surface area contributed by atoms with Gasteiger partial charge >= 0.3 is 0 Å². The number of fused-ring (bicyclic) bond motifs is 1. The van der Waals surface area contributed by atoms with Gasteiger partial charge < -0.3 is 5.32 Å². The largest absolute Gasteiger partial charge is 0.351 e. The van der Waals surface area contributed by atoms with E-state index in [0.717, 1.165) is 22.9 Å². The van der Waals surface area contributed by atoms with Crippen molar-refractivity contribution in [2.75, 3.05) is 5.32 Å². The van der Waals surface area contributed by atoms with Crippen molar-refractivity contribution in [2.24, 2.45) is 11.8 Å². The number of hydrogen-bond donors (Lipinski definition) is 1. The molecular weight excluding hydrogens is 288 g/mol. The summed E-state index contributed by atoms with van der Waals surface area (Å²) in [5.74, 6) is 2.72. The molecule has 6 nitrogen and oxygen atoms in total. The van der Waals surface area contributed by atoms with Crippen LogP contribution in [-0.2, 0) is 0 Å². The maximum absolute atomic E-state index is 9.38. The molecule has 112 valence electrons. The second-order valence-electron chi connectivity index (χ2n) is 6.31. The summed E-state index contributed by atoms with van der Waals surface area (Å²) in [6.45, 7) is 0. The average molecular weight is 302 g/mol. The number of nitriles is 1. The van der Waals surface area contributed by atoms with Gasteiger partial charge in [0.25, 0.3) is 0 Å². The summed E-state index contributed by atoms with van der Waals surface area (Å²) in [6.07, 6.45) is 5.95. The topological polar surface area (TPSA) is 79.4 Å². The van der Waals surface area contributed by atoms with E-state index in [2.05, 4.69) is 26.3 Å². The van der Waals surface area contributed by atoms with E-state index in [4.69, 9.17) is 0 Å². The number of hydrogen-bond acceptors (Lipinski definition) is 5. The molecule has 0 aliphatic heterocycles. The highest BCUT2D eigenvalue weighted by Gasteiger charge is 2.52. The normalized spacial score (nSPS) is 24.6. The molecule has 0 spiro atoms. The quantitative estimate of drug-likeness (QED) is 0.804. The van der Waals surface area contributed by atoms with Gasteiger partial charge in [0.05, 0.1) is 17.2 Å². The lowest BCUT2D eigenvalue weighted by molar-refractivity contribution is -0.00435. The van der Waals surface area contributed by atoms with Crippen LogP contribution < -0.4 is 5.32 Å². The Balaban J connectivity index is 1.58. The lowest BCUT2D eigenvalue weighted by atomic mass is 9.52. The van der Waals surface area contributed by atoms with Gasteiger partial charge in [-0.25, -0.2) is 9.97 Å². The van der Waals surface area contributed by atoms with Crippen molar-refractivity contribution in [1.82, 2.24) is 19.5 Å². The summed E-state index contributed by atoms with van der Waals surface area (Å²) in [5.41, 5.74) is 2.25. The van der Waals surface area contributed by atoms with E-state index in [1.807, 2.05) is 28.8 Å². The summed E-state index contributed by atoms with van der Waals surface area (Å²) in [5, 5.41) is 12.8. The lowest BCUT2D eigenvalue weighted by Gasteiger charge is -2.58. The minimum atomic E-state index is 0.442. The van der Waals surface area contributed by atoms with Gasteiger partial charge in [0.15, 0.2) is 5.82 Å². The molecule has 6 heteroatoms. The predicted octanol–water partition coefficient (Wildman–Crippen LogP) is 2.51. The van der Waals surface area contributed by atoms with Crippen molar-refractivity contribution < 1.29 is 0 Å². The SMILES string of the molecule is N#Cc1cnc(NC2C3CC2C3)nc1-n1cnc2ccccc21. The maximum Gasteiger partial charge on any atom is 0.224 e. The monoisotopic (exact) mass is 302 g/mol. The highest BCUT2D eigenvalue weighted by atomic mass is 15.2. The number of benzene rings is 1. The van der Waals surface area contributed by atoms with E-state index in [1.165, 1.54) is 12.8 Å². The summed E-state index contributed by atoms with van der Waals surface area (Å²) >= 11 is 0. The Kier molecular flexibility index (Phi) is 2.48. The van der Waals surface area contributed by atoms with Crippen LogP contribution in [0.5, 0.6) is 0 Å². The van der Waals surface area contributed by atoms with Crippen molar-refractivity contribution in [3.8, 4) is 11.9 Å². The van der Waals surface area contributed by atoms with Crippen LogP contribution in [0.15, 0.2) is 36.8 Å². The molecule has 2 bridgehead atoms. The first-order valence-electron chi connectivity index (χ1n) is 7.79. The minimum absolute atomic E-state index is 0.442. The Morgan fingerprint density at radius 2 is 2.00 bits per heavy atom. The molecule has 3 aliphatic carbocycles. The smallest absolute Gasteiger partial charge is 0.224 e. The van der Waals surface area contributed by atoms with Crippen molar-refractivity contribution in [3.05, 3.63) is 42.4 Å². The molecule has 1 N–H and O–H groups in total. The van der Waals surface area contributed by atoms with Crippen LogP contribution in [0, 0.1) is 23.2 Å². The molecule has 23 heavy (non-hydrogen) atoms. The molecule has 3 aliphatic rings. The van der Waals surface area contributed by atoms with Crippen molar-refractivity contribution in [2.45, 2.75) is 18.9 Å². The zero-order valence-corrected chi connectivity index (χ0v) is 12.3. The summed E-state index contributed by atoms with van der Waals surface area (Å²) in [6, 6.07) is 10.5. The van der Waals surface area contributed by atoms with Crippen molar-refractivity contribution in [3.63, 3.8) is 0 Å². The third-order valence-corrected chi connectivity index (χ3v) is 5.09. The first-order valence-corrected chi connectivity index (χ1v) is 7.79. The Bertz CT molecular complexity index is 939. The summed E-state index contributed by atoms with van der Waals surface area (Å²) in [7, 11) is 0. The number of aromatic nitrogens is 4. The average Bonchev–Trinajstić information content (AvgIpc) is 2.94. The Morgan fingerprint density at radius 3 is 2.74 bits per heavy atom. The van der Waals surface area contributed by atoms with Crippen LogP contribution in [0.1, 0.15) is 18.4 Å². The van der Waals surface area contributed by atoms with E-state index in [9.17, 15) is 5.26 Å². The first kappa shape index (κ1) is 12.6. The van der Waals surface area contributed by atoms with Crippen LogP contribution >= 0.6 is 0 Å². The van der Waals surface area contributed by atoms with E-state index < -0.39 is 0 Å². The van der Waals surface area contributed by atoms with Gasteiger partial charge in [-0.2, -0.15) is 10.2 Å². The molecule has 3 fully saturated rings. The van der Waals surface area contributed by atoms with Crippen molar-refractivity contribution >= 4 is 17.0 Å². The molecule has 0 unspecified atom stereocenters. The minimum Gasteiger partial charge on any atom is -0.351 e. The fourth-order valence-corrected chi connectivity index (χ4v) is 3.51. The molecule has 1 aromatic carbocycles. The van der Waals surface area contributed by atoms with Crippen LogP contribution in [0.3, 0.4) is 0 Å². The number of rotatable bonds is 3. The van der Waals surface area contributed by atoms with E-state index in [-0.39, 0.29) is 0 Å². The summed E-state index contributed by atoms with van der Waals surface area (Å²) in [4.78, 5) is 13.3. The third kappa shape index (κ3) is 1.77. The zero-order chi connectivity index (χ0) is 15.4. The van der Waals surface area contributed by atoms with E-state index in [1.54, 1.807) is 12.5 Å². The molecule has 0 atom stereocenters. The highest BCUT2D eigenvalue weighted by molar-refractivity contribution is 5.77. The van der Waals surface area contributed by atoms with Crippen LogP contribution in [0.2, 0.25) is 0 Å². The molecule has 6 rings (SSSR count). The fraction of sp³-hybridized carbons (Fsp3) is 0.294. The summed E-state index contributed by atoms with van der Waals surface area (Å²) < 4.78 is 1.85. The van der Waals surface area contributed by atoms with Gasteiger partial charge in [0, 0.05) is 6.04 Å². The molecular formula is C17H14N6. The lowest BCUT2D eigenvalue weighted by Crippen LogP contribution is -2.59. The molecule has 3 aromatic rings. The number of para-hydroxylation sites is 2. The second-order valence-corrected chi connectivity index (χ2v) is 6.31. The molecule has 2 aromatic heterocycles. The van der Waals surface area contributed by atoms with Crippen LogP contribution in [-0.4, -0.2) is 25.6 Å². The fourth-order valence-electron chi connectivity index (χ4n) is 3.51. The van der Waals surface area contributed by atoms with E-state index in [0.29, 0.717) is 23.4 Å². The standard InChI is InChI=1S/C17H14N6/c18-7-12-8-19-17(21-15-10-5-11(15)6-10)22-16(12)23-9-20-13-3-1-2-4-14(13)23/h1-4,8-11,15H,5-6H2,(H,19,21,22). The van der Waals surface area contributed by atoms with Crippen LogP contribution in [0.25, 0.3) is 16.9 Å². The van der Waals surface area contributed by atoms with Crippen molar-refractivity contribution in [1.29, 1.82) is 5.26 Å².